The van der Waals surface area contributed by atoms with Gasteiger partial charge in [-0.1, -0.05) is 29.8 Å². The Balaban J connectivity index is 2.15. The second-order valence-electron chi connectivity index (χ2n) is 4.78. The van der Waals surface area contributed by atoms with Crippen molar-refractivity contribution in [2.45, 2.75) is 4.90 Å². The molecule has 9 heteroatoms. The van der Waals surface area contributed by atoms with E-state index in [1.165, 1.54) is 12.3 Å². The van der Waals surface area contributed by atoms with Crippen LogP contribution in [-0.4, -0.2) is 13.4 Å². The first-order valence-electron chi connectivity index (χ1n) is 6.51. The van der Waals surface area contributed by atoms with Gasteiger partial charge in [-0.3, -0.25) is 9.71 Å². The molecule has 1 aromatic heterocycles. The van der Waals surface area contributed by atoms with E-state index in [2.05, 4.69) is 41.6 Å². The third-order valence-corrected chi connectivity index (χ3v) is 6.63. The van der Waals surface area contributed by atoms with Gasteiger partial charge in [-0.05, 0) is 50.1 Å². The van der Waals surface area contributed by atoms with Crippen LogP contribution in [0.2, 0.25) is 5.02 Å². The van der Waals surface area contributed by atoms with Crippen molar-refractivity contribution in [3.8, 4) is 0 Å². The second kappa shape index (κ2) is 6.59. The maximum atomic E-state index is 13.6. The summed E-state index contributed by atoms with van der Waals surface area (Å²) in [7, 11) is -3.97. The van der Waals surface area contributed by atoms with Gasteiger partial charge >= 0.3 is 0 Å². The Labute approximate surface area is 159 Å². The van der Waals surface area contributed by atoms with Gasteiger partial charge in [0, 0.05) is 16.1 Å². The van der Waals surface area contributed by atoms with E-state index in [0.717, 1.165) is 6.07 Å². The lowest BCUT2D eigenvalue weighted by Gasteiger charge is -2.14. The zero-order valence-electron chi connectivity index (χ0n) is 11.7. The van der Waals surface area contributed by atoms with Gasteiger partial charge in [-0.15, -0.1) is 0 Å². The van der Waals surface area contributed by atoms with Gasteiger partial charge in [-0.25, -0.2) is 12.8 Å². The van der Waals surface area contributed by atoms with E-state index >= 15 is 0 Å². The van der Waals surface area contributed by atoms with Crippen LogP contribution in [0.4, 0.5) is 10.1 Å². The molecule has 1 N–H and O–H groups in total. The fraction of sp³-hybridized carbons (Fsp3) is 0. The van der Waals surface area contributed by atoms with E-state index < -0.39 is 15.8 Å². The number of rotatable bonds is 3. The van der Waals surface area contributed by atoms with Crippen LogP contribution >= 0.6 is 43.5 Å². The average molecular weight is 495 g/mol. The van der Waals surface area contributed by atoms with Crippen molar-refractivity contribution in [3.63, 3.8) is 0 Å². The first-order chi connectivity index (χ1) is 11.3. The lowest BCUT2D eigenvalue weighted by atomic mass is 10.2. The molecule has 3 aromatic rings. The number of pyridine rings is 1. The number of nitrogens with one attached hydrogen (secondary N) is 1. The first kappa shape index (κ1) is 17.6. The van der Waals surface area contributed by atoms with Crippen LogP contribution in [0.25, 0.3) is 10.9 Å². The quantitative estimate of drug-likeness (QED) is 0.394. The smallest absolute Gasteiger partial charge is 0.264 e. The highest BCUT2D eigenvalue weighted by molar-refractivity contribution is 9.11. The molecule has 2 aromatic carbocycles. The molecule has 1 heterocycles. The van der Waals surface area contributed by atoms with E-state index in [-0.39, 0.29) is 24.6 Å². The maximum Gasteiger partial charge on any atom is 0.264 e. The Morgan fingerprint density at radius 3 is 2.62 bits per heavy atom. The molecule has 0 saturated heterocycles. The number of sulfonamides is 1. The Bertz CT molecular complexity index is 1060. The molecule has 0 radical (unpaired) electrons. The molecule has 0 aliphatic heterocycles. The monoisotopic (exact) mass is 492 g/mol. The number of nitrogens with zero attached hydrogens (tertiary/aromatic N) is 1. The standard InChI is InChI=1S/C15H8Br2ClFN2O2S/c16-9-7-10(19)13(18)12(17)15(9)21-24(22,23)11-5-1-3-8-4-2-6-20-14(8)11/h1-7,21H. The minimum Gasteiger partial charge on any atom is -0.277 e. The van der Waals surface area contributed by atoms with Crippen molar-refractivity contribution in [2.75, 3.05) is 4.72 Å². The number of para-hydroxylation sites is 1. The highest BCUT2D eigenvalue weighted by Crippen LogP contribution is 2.39. The van der Waals surface area contributed by atoms with Crippen LogP contribution in [0.15, 0.2) is 56.4 Å². The summed E-state index contributed by atoms with van der Waals surface area (Å²) in [6.07, 6.45) is 1.52. The van der Waals surface area contributed by atoms with E-state index in [1.807, 2.05) is 0 Å². The van der Waals surface area contributed by atoms with Crippen LogP contribution in [0.1, 0.15) is 0 Å². The van der Waals surface area contributed by atoms with Crippen LogP contribution in [0.5, 0.6) is 0 Å². The largest absolute Gasteiger partial charge is 0.277 e. The van der Waals surface area contributed by atoms with Gasteiger partial charge in [0.15, 0.2) is 0 Å². The van der Waals surface area contributed by atoms with Gasteiger partial charge < -0.3 is 0 Å². The molecular weight excluding hydrogens is 487 g/mol. The molecule has 0 spiro atoms. The van der Waals surface area contributed by atoms with E-state index in [9.17, 15) is 12.8 Å². The van der Waals surface area contributed by atoms with Gasteiger partial charge in [0.25, 0.3) is 10.0 Å². The molecule has 0 bridgehead atoms. The Kier molecular flexibility index (Phi) is 4.83. The molecule has 3 rings (SSSR count). The summed E-state index contributed by atoms with van der Waals surface area (Å²) in [5, 5.41) is 0.475. The lowest BCUT2D eigenvalue weighted by molar-refractivity contribution is 0.601. The van der Waals surface area contributed by atoms with Crippen molar-refractivity contribution >= 4 is 70.1 Å². The van der Waals surface area contributed by atoms with Crippen LogP contribution in [0, 0.1) is 5.82 Å². The van der Waals surface area contributed by atoms with Crippen LogP contribution in [0.3, 0.4) is 0 Å². The number of fused-ring (bicyclic) bond motifs is 1. The highest BCUT2D eigenvalue weighted by atomic mass is 79.9. The predicted octanol–water partition coefficient (Wildman–Crippen LogP) is 5.35. The Morgan fingerprint density at radius 1 is 1.17 bits per heavy atom. The summed E-state index contributed by atoms with van der Waals surface area (Å²) >= 11 is 12.1. The summed E-state index contributed by atoms with van der Waals surface area (Å²) in [4.78, 5) is 4.15. The molecule has 0 fully saturated rings. The van der Waals surface area contributed by atoms with Crippen molar-refractivity contribution < 1.29 is 12.8 Å². The van der Waals surface area contributed by atoms with Gasteiger partial charge in [0.05, 0.1) is 20.7 Å². The topological polar surface area (TPSA) is 59.1 Å². The normalized spacial score (nSPS) is 11.7. The number of halogens is 4. The van der Waals surface area contributed by atoms with Gasteiger partial charge in [0.2, 0.25) is 0 Å². The van der Waals surface area contributed by atoms with Crippen molar-refractivity contribution in [1.82, 2.24) is 4.98 Å². The third kappa shape index (κ3) is 3.15. The summed E-state index contributed by atoms with van der Waals surface area (Å²) in [6, 6.07) is 9.42. The fourth-order valence-electron chi connectivity index (χ4n) is 2.14. The number of hydrogen-bond acceptors (Lipinski definition) is 3. The number of aromatic nitrogens is 1. The summed E-state index contributed by atoms with van der Waals surface area (Å²) in [5.41, 5.74) is 0.447. The molecule has 0 unspecified atom stereocenters. The minimum absolute atomic E-state index is 0.0137. The zero-order valence-corrected chi connectivity index (χ0v) is 16.5. The molecule has 0 amide bonds. The molecule has 124 valence electrons. The first-order valence-corrected chi connectivity index (χ1v) is 9.95. The molecule has 0 saturated carbocycles. The van der Waals surface area contributed by atoms with Gasteiger partial charge in [0.1, 0.15) is 10.7 Å². The minimum atomic E-state index is -3.97. The van der Waals surface area contributed by atoms with Crippen molar-refractivity contribution in [2.24, 2.45) is 0 Å². The zero-order chi connectivity index (χ0) is 17.5. The lowest BCUT2D eigenvalue weighted by Crippen LogP contribution is -2.15. The third-order valence-electron chi connectivity index (χ3n) is 3.24. The summed E-state index contributed by atoms with van der Waals surface area (Å²) in [6.45, 7) is 0. The second-order valence-corrected chi connectivity index (χ2v) is 8.46. The van der Waals surface area contributed by atoms with E-state index in [4.69, 9.17) is 11.6 Å². The summed E-state index contributed by atoms with van der Waals surface area (Å²) in [5.74, 6) is -0.676. The molecule has 0 atom stereocenters. The Morgan fingerprint density at radius 2 is 1.88 bits per heavy atom. The van der Waals surface area contributed by atoms with Crippen LogP contribution in [-0.2, 0) is 10.0 Å². The van der Waals surface area contributed by atoms with Crippen molar-refractivity contribution in [1.29, 1.82) is 0 Å². The van der Waals surface area contributed by atoms with E-state index in [1.54, 1.807) is 24.3 Å². The Hall–Kier alpha value is -1.22. The maximum absolute atomic E-state index is 13.6. The summed E-state index contributed by atoms with van der Waals surface area (Å²) < 4.78 is 41.9. The predicted molar refractivity (Wildman–Crippen MR) is 99.4 cm³/mol. The molecule has 0 aliphatic rings. The fourth-order valence-corrected chi connectivity index (χ4v) is 5.09. The van der Waals surface area contributed by atoms with Crippen LogP contribution < -0.4 is 4.72 Å². The van der Waals surface area contributed by atoms with E-state index in [0.29, 0.717) is 10.9 Å². The molecule has 24 heavy (non-hydrogen) atoms. The molecule has 4 nitrogen and oxygen atoms in total. The molecular formula is C15H8Br2ClFN2O2S. The number of anilines is 1. The van der Waals surface area contributed by atoms with Crippen molar-refractivity contribution in [3.05, 3.63) is 62.4 Å². The number of hydrogen-bond donors (Lipinski definition) is 1. The average Bonchev–Trinajstić information content (AvgIpc) is 2.56. The highest BCUT2D eigenvalue weighted by Gasteiger charge is 2.23. The SMILES string of the molecule is O=S(=O)(Nc1c(Br)cc(F)c(Cl)c1Br)c1cccc2cccnc12. The molecule has 0 aliphatic carbocycles. The van der Waals surface area contributed by atoms with Gasteiger partial charge in [-0.2, -0.15) is 0 Å². The number of benzene rings is 2.